The number of methoxy groups -OCH3 is 1. The Morgan fingerprint density at radius 3 is 2.36 bits per heavy atom. The Bertz CT molecular complexity index is 1540. The van der Waals surface area contributed by atoms with Gasteiger partial charge in [-0.1, -0.05) is 60.3 Å². The van der Waals surface area contributed by atoms with E-state index in [1.165, 1.54) is 18.9 Å². The van der Waals surface area contributed by atoms with Gasteiger partial charge < -0.3 is 18.6 Å². The van der Waals surface area contributed by atoms with Crippen molar-refractivity contribution < 1.29 is 23.4 Å². The van der Waals surface area contributed by atoms with Crippen LogP contribution < -0.4 is 4.74 Å². The molecule has 0 saturated heterocycles. The van der Waals surface area contributed by atoms with Gasteiger partial charge in [0.2, 0.25) is 5.88 Å². The predicted octanol–water partition coefficient (Wildman–Crippen LogP) is 6.42. The Balaban J connectivity index is 1.70. The first kappa shape index (κ1) is 26.5. The summed E-state index contributed by atoms with van der Waals surface area (Å²) in [5.41, 5.74) is 2.13. The third-order valence-corrected chi connectivity index (χ3v) is 6.60. The second-order valence-electron chi connectivity index (χ2n) is 9.73. The van der Waals surface area contributed by atoms with Crippen LogP contribution in [0.1, 0.15) is 32.2 Å². The van der Waals surface area contributed by atoms with Crippen molar-refractivity contribution in [3.63, 3.8) is 0 Å². The minimum Gasteiger partial charge on any atom is -0.469 e. The summed E-state index contributed by atoms with van der Waals surface area (Å²) in [7, 11) is 1.30. The molecule has 0 saturated carbocycles. The molecule has 0 radical (unpaired) electrons. The van der Waals surface area contributed by atoms with Crippen LogP contribution in [0.4, 0.5) is 0 Å². The van der Waals surface area contributed by atoms with Gasteiger partial charge in [-0.2, -0.15) is 0 Å². The van der Waals surface area contributed by atoms with Crippen LogP contribution in [-0.4, -0.2) is 39.3 Å². The van der Waals surface area contributed by atoms with Crippen molar-refractivity contribution in [1.29, 1.82) is 0 Å². The van der Waals surface area contributed by atoms with Crippen LogP contribution in [0, 0.1) is 0 Å². The van der Waals surface area contributed by atoms with Gasteiger partial charge in [-0.25, -0.2) is 14.8 Å². The van der Waals surface area contributed by atoms with Gasteiger partial charge in [-0.3, -0.25) is 4.40 Å². The fourth-order valence-corrected chi connectivity index (χ4v) is 4.82. The normalized spacial score (nSPS) is 12.4. The van der Waals surface area contributed by atoms with Crippen molar-refractivity contribution in [3.05, 3.63) is 96.7 Å². The van der Waals surface area contributed by atoms with Gasteiger partial charge in [-0.15, -0.1) is 0 Å². The van der Waals surface area contributed by atoms with E-state index < -0.39 is 17.9 Å². The van der Waals surface area contributed by atoms with Crippen molar-refractivity contribution in [3.8, 4) is 17.1 Å². The zero-order valence-electron chi connectivity index (χ0n) is 22.2. The Labute approximate surface area is 230 Å². The Morgan fingerprint density at radius 1 is 1.00 bits per heavy atom. The van der Waals surface area contributed by atoms with Gasteiger partial charge in [0.05, 0.1) is 31.1 Å². The van der Waals surface area contributed by atoms with Gasteiger partial charge >= 0.3 is 12.3 Å². The third-order valence-electron chi connectivity index (χ3n) is 5.62. The van der Waals surface area contributed by atoms with E-state index in [1.54, 1.807) is 6.26 Å². The molecule has 0 aliphatic heterocycles. The standard InChI is InChI=1S/C30H29N3O5S/c1-30(2,3)38-29(28(34)35-4)37-27-23(18-21-14-11-17-36-21)31-25-26(39-22-15-9-6-10-16-22)32-24(19-33(25)27)20-12-7-5-8-13-20/h5-17,19,29H,18H2,1-4H3. The average Bonchev–Trinajstić information content (AvgIpc) is 3.56. The highest BCUT2D eigenvalue weighted by Gasteiger charge is 2.31. The lowest BCUT2D eigenvalue weighted by Gasteiger charge is -2.26. The number of nitrogens with zero attached hydrogens (tertiary/aromatic N) is 3. The number of rotatable bonds is 9. The molecule has 9 heteroatoms. The lowest BCUT2D eigenvalue weighted by Crippen LogP contribution is -2.38. The number of hydrogen-bond donors (Lipinski definition) is 0. The lowest BCUT2D eigenvalue weighted by molar-refractivity contribution is -0.194. The summed E-state index contributed by atoms with van der Waals surface area (Å²) in [5, 5.41) is 0.685. The Kier molecular flexibility index (Phi) is 7.72. The highest BCUT2D eigenvalue weighted by atomic mass is 32.2. The van der Waals surface area contributed by atoms with Crippen LogP contribution in [0.5, 0.6) is 5.88 Å². The summed E-state index contributed by atoms with van der Waals surface area (Å²) in [4.78, 5) is 23.7. The number of furan rings is 1. The largest absolute Gasteiger partial charge is 0.469 e. The number of hydrogen-bond acceptors (Lipinski definition) is 8. The molecule has 0 N–H and O–H groups in total. The lowest BCUT2D eigenvalue weighted by atomic mass is 10.2. The summed E-state index contributed by atoms with van der Waals surface area (Å²) in [6, 6.07) is 23.5. The van der Waals surface area contributed by atoms with Crippen molar-refractivity contribution in [2.75, 3.05) is 7.11 Å². The first-order chi connectivity index (χ1) is 18.8. The number of carbonyl (C=O) groups excluding carboxylic acids is 1. The first-order valence-electron chi connectivity index (χ1n) is 12.5. The molecule has 3 aromatic heterocycles. The van der Waals surface area contributed by atoms with E-state index in [-0.39, 0.29) is 0 Å². The molecule has 8 nitrogen and oxygen atoms in total. The number of esters is 1. The number of aromatic nitrogens is 3. The van der Waals surface area contributed by atoms with E-state index >= 15 is 0 Å². The quantitative estimate of drug-likeness (QED) is 0.155. The second kappa shape index (κ2) is 11.3. The van der Waals surface area contributed by atoms with Gasteiger partial charge in [0.15, 0.2) is 5.65 Å². The van der Waals surface area contributed by atoms with Crippen LogP contribution in [0.2, 0.25) is 0 Å². The molecule has 200 valence electrons. The van der Waals surface area contributed by atoms with Gasteiger partial charge in [0.25, 0.3) is 0 Å². The smallest absolute Gasteiger partial charge is 0.376 e. The van der Waals surface area contributed by atoms with E-state index in [9.17, 15) is 4.79 Å². The predicted molar refractivity (Wildman–Crippen MR) is 148 cm³/mol. The summed E-state index contributed by atoms with van der Waals surface area (Å²) in [6.45, 7) is 5.53. The van der Waals surface area contributed by atoms with E-state index in [0.717, 1.165) is 16.2 Å². The van der Waals surface area contributed by atoms with Crippen LogP contribution in [0.15, 0.2) is 99.6 Å². The SMILES string of the molecule is COC(=O)C(Oc1c(Cc2ccco2)nc2c(Sc3ccccc3)nc(-c3ccccc3)cn12)OC(C)(C)C. The molecule has 3 heterocycles. The van der Waals surface area contributed by atoms with Crippen LogP contribution in [0.25, 0.3) is 16.9 Å². The van der Waals surface area contributed by atoms with Gasteiger partial charge in [0, 0.05) is 16.7 Å². The minimum absolute atomic E-state index is 0.337. The maximum atomic E-state index is 12.7. The van der Waals surface area contributed by atoms with E-state index in [4.69, 9.17) is 28.6 Å². The highest BCUT2D eigenvalue weighted by Crippen LogP contribution is 2.35. The number of fused-ring (bicyclic) bond motifs is 1. The molecule has 0 aliphatic carbocycles. The number of ether oxygens (including phenoxy) is 3. The fraction of sp³-hybridized carbons (Fsp3) is 0.233. The minimum atomic E-state index is -1.32. The molecule has 5 rings (SSSR count). The summed E-state index contributed by atoms with van der Waals surface area (Å²) < 4.78 is 24.7. The van der Waals surface area contributed by atoms with Crippen molar-refractivity contribution >= 4 is 23.4 Å². The van der Waals surface area contributed by atoms with E-state index in [0.29, 0.717) is 34.4 Å². The van der Waals surface area contributed by atoms with E-state index in [2.05, 4.69) is 0 Å². The van der Waals surface area contributed by atoms with Gasteiger partial charge in [-0.05, 0) is 45.0 Å². The molecule has 5 aromatic rings. The number of carbonyl (C=O) groups is 1. The molecule has 0 bridgehead atoms. The molecule has 1 atom stereocenters. The third kappa shape index (κ3) is 6.32. The highest BCUT2D eigenvalue weighted by molar-refractivity contribution is 7.99. The van der Waals surface area contributed by atoms with Crippen molar-refractivity contribution in [2.24, 2.45) is 0 Å². The fourth-order valence-electron chi connectivity index (χ4n) is 3.92. The molecule has 2 aromatic carbocycles. The average molecular weight is 544 g/mol. The monoisotopic (exact) mass is 543 g/mol. The zero-order chi connectivity index (χ0) is 27.4. The molecular formula is C30H29N3O5S. The Hall–Kier alpha value is -4.08. The molecule has 0 amide bonds. The van der Waals surface area contributed by atoms with Crippen molar-refractivity contribution in [1.82, 2.24) is 14.4 Å². The number of imidazole rings is 1. The van der Waals surface area contributed by atoms with Gasteiger partial charge in [0.1, 0.15) is 16.5 Å². The molecule has 0 aliphatic rings. The maximum Gasteiger partial charge on any atom is 0.376 e. The molecule has 0 fully saturated rings. The van der Waals surface area contributed by atoms with E-state index in [1.807, 2.05) is 104 Å². The zero-order valence-corrected chi connectivity index (χ0v) is 23.0. The molecular weight excluding hydrogens is 514 g/mol. The van der Waals surface area contributed by atoms with Crippen LogP contribution in [-0.2, 0) is 20.7 Å². The second-order valence-corrected chi connectivity index (χ2v) is 10.8. The van der Waals surface area contributed by atoms with Crippen molar-refractivity contribution in [2.45, 2.75) is 49.0 Å². The molecule has 0 spiro atoms. The Morgan fingerprint density at radius 2 is 1.72 bits per heavy atom. The summed E-state index contributed by atoms with van der Waals surface area (Å²) in [5.74, 6) is 0.388. The van der Waals surface area contributed by atoms with Crippen LogP contribution >= 0.6 is 11.8 Å². The summed E-state index contributed by atoms with van der Waals surface area (Å²) in [6.07, 6.45) is 2.49. The maximum absolute atomic E-state index is 12.7. The summed E-state index contributed by atoms with van der Waals surface area (Å²) >= 11 is 1.50. The van der Waals surface area contributed by atoms with Crippen LogP contribution in [0.3, 0.4) is 0 Å². The first-order valence-corrected chi connectivity index (χ1v) is 13.3. The molecule has 1 unspecified atom stereocenters. The number of benzene rings is 2. The molecule has 39 heavy (non-hydrogen) atoms. The topological polar surface area (TPSA) is 88.1 Å².